The SMILES string of the molecule is CC(C)(C(=O)Nc1ccc(C(N)=NO)cc1)S(C)(=O)=O. The van der Waals surface area contributed by atoms with Crippen LogP contribution in [0.25, 0.3) is 0 Å². The molecule has 0 saturated heterocycles. The zero-order valence-electron chi connectivity index (χ0n) is 11.4. The van der Waals surface area contributed by atoms with E-state index in [-0.39, 0.29) is 5.84 Å². The second-order valence-electron chi connectivity index (χ2n) is 4.80. The minimum absolute atomic E-state index is 0.0562. The number of anilines is 1. The zero-order chi connectivity index (χ0) is 15.6. The van der Waals surface area contributed by atoms with Gasteiger partial charge in [0.05, 0.1) is 0 Å². The molecule has 20 heavy (non-hydrogen) atoms. The van der Waals surface area contributed by atoms with E-state index in [1.165, 1.54) is 38.1 Å². The molecule has 0 bridgehead atoms. The number of carbonyl (C=O) groups is 1. The highest BCUT2D eigenvalue weighted by Crippen LogP contribution is 2.18. The second kappa shape index (κ2) is 5.49. The van der Waals surface area contributed by atoms with Crippen molar-refractivity contribution in [1.29, 1.82) is 0 Å². The van der Waals surface area contributed by atoms with Crippen LogP contribution in [-0.4, -0.2) is 36.4 Å². The van der Waals surface area contributed by atoms with Crippen LogP contribution in [0.4, 0.5) is 5.69 Å². The maximum absolute atomic E-state index is 12.0. The third-order valence-electron chi connectivity index (χ3n) is 3.02. The summed E-state index contributed by atoms with van der Waals surface area (Å²) in [6.07, 6.45) is 1.01. The lowest BCUT2D eigenvalue weighted by Gasteiger charge is -2.21. The molecule has 0 aliphatic carbocycles. The molecule has 1 aromatic rings. The van der Waals surface area contributed by atoms with Gasteiger partial charge in [0, 0.05) is 17.5 Å². The van der Waals surface area contributed by atoms with Gasteiger partial charge in [-0.15, -0.1) is 0 Å². The first-order valence-corrected chi connectivity index (χ1v) is 7.57. The number of nitrogens with two attached hydrogens (primary N) is 1. The number of nitrogens with zero attached hydrogens (tertiary/aromatic N) is 1. The molecule has 110 valence electrons. The summed E-state index contributed by atoms with van der Waals surface area (Å²) in [7, 11) is -3.53. The Hall–Kier alpha value is -2.09. The maximum atomic E-state index is 12.0. The maximum Gasteiger partial charge on any atom is 0.245 e. The summed E-state index contributed by atoms with van der Waals surface area (Å²) in [6, 6.07) is 6.14. The number of amidine groups is 1. The highest BCUT2D eigenvalue weighted by atomic mass is 32.2. The Morgan fingerprint density at radius 1 is 1.30 bits per heavy atom. The van der Waals surface area contributed by atoms with Crippen LogP contribution in [0.15, 0.2) is 29.4 Å². The Balaban J connectivity index is 2.93. The van der Waals surface area contributed by atoms with Crippen LogP contribution in [0.1, 0.15) is 19.4 Å². The third kappa shape index (κ3) is 3.27. The van der Waals surface area contributed by atoms with Crippen LogP contribution in [0.5, 0.6) is 0 Å². The van der Waals surface area contributed by atoms with Crippen LogP contribution in [0.2, 0.25) is 0 Å². The summed E-state index contributed by atoms with van der Waals surface area (Å²) in [6.45, 7) is 2.67. The fourth-order valence-corrected chi connectivity index (χ4v) is 1.62. The minimum atomic E-state index is -3.53. The first-order chi connectivity index (χ1) is 9.09. The lowest BCUT2D eigenvalue weighted by Crippen LogP contribution is -2.43. The Labute approximate surface area is 117 Å². The topological polar surface area (TPSA) is 122 Å². The predicted molar refractivity (Wildman–Crippen MR) is 76.5 cm³/mol. The van der Waals surface area contributed by atoms with Crippen molar-refractivity contribution < 1.29 is 18.4 Å². The highest BCUT2D eigenvalue weighted by molar-refractivity contribution is 7.92. The van der Waals surface area contributed by atoms with Crippen molar-refractivity contribution in [2.45, 2.75) is 18.6 Å². The summed E-state index contributed by atoms with van der Waals surface area (Å²) in [5.41, 5.74) is 6.30. The van der Waals surface area contributed by atoms with Crippen LogP contribution >= 0.6 is 0 Å². The molecule has 0 spiro atoms. The molecule has 0 saturated carbocycles. The number of benzene rings is 1. The van der Waals surface area contributed by atoms with Gasteiger partial charge in [0.1, 0.15) is 4.75 Å². The number of nitrogens with one attached hydrogen (secondary N) is 1. The Kier molecular flexibility index (Phi) is 4.39. The van der Waals surface area contributed by atoms with E-state index in [0.717, 1.165) is 6.26 Å². The molecule has 7 nitrogen and oxygen atoms in total. The van der Waals surface area contributed by atoms with Gasteiger partial charge in [0.25, 0.3) is 0 Å². The molecule has 4 N–H and O–H groups in total. The summed E-state index contributed by atoms with van der Waals surface area (Å²) >= 11 is 0. The highest BCUT2D eigenvalue weighted by Gasteiger charge is 2.38. The molecular weight excluding hydrogens is 282 g/mol. The van der Waals surface area contributed by atoms with Crippen LogP contribution in [0, 0.1) is 0 Å². The van der Waals surface area contributed by atoms with E-state index in [1.807, 2.05) is 0 Å². The fourth-order valence-electron chi connectivity index (χ4n) is 1.23. The number of rotatable bonds is 4. The van der Waals surface area contributed by atoms with Gasteiger partial charge in [-0.1, -0.05) is 5.16 Å². The van der Waals surface area contributed by atoms with Crippen LogP contribution in [0.3, 0.4) is 0 Å². The second-order valence-corrected chi connectivity index (χ2v) is 7.36. The molecule has 0 unspecified atom stereocenters. The quantitative estimate of drug-likeness (QED) is 0.324. The Bertz CT molecular complexity index is 633. The Morgan fingerprint density at radius 2 is 1.80 bits per heavy atom. The van der Waals surface area contributed by atoms with Gasteiger partial charge < -0.3 is 16.3 Å². The van der Waals surface area contributed by atoms with E-state index in [4.69, 9.17) is 10.9 Å². The summed E-state index contributed by atoms with van der Waals surface area (Å²) in [5.74, 6) is -0.684. The first kappa shape index (κ1) is 16.0. The van der Waals surface area contributed by atoms with Crippen molar-refractivity contribution >= 4 is 27.3 Å². The summed E-state index contributed by atoms with van der Waals surface area (Å²) in [4.78, 5) is 12.0. The number of hydrogen-bond donors (Lipinski definition) is 3. The molecular formula is C12H17N3O4S. The predicted octanol–water partition coefficient (Wildman–Crippen LogP) is 0.543. The van der Waals surface area contributed by atoms with Gasteiger partial charge in [-0.05, 0) is 38.1 Å². The molecule has 0 atom stereocenters. The number of carbonyl (C=O) groups excluding carboxylic acids is 1. The number of sulfone groups is 1. The molecule has 0 aliphatic heterocycles. The lowest BCUT2D eigenvalue weighted by atomic mass is 10.1. The van der Waals surface area contributed by atoms with E-state index in [9.17, 15) is 13.2 Å². The van der Waals surface area contributed by atoms with Gasteiger partial charge in [-0.2, -0.15) is 0 Å². The molecule has 8 heteroatoms. The van der Waals surface area contributed by atoms with Crippen molar-refractivity contribution in [3.63, 3.8) is 0 Å². The minimum Gasteiger partial charge on any atom is -0.409 e. The summed E-state index contributed by atoms with van der Waals surface area (Å²) in [5, 5.41) is 13.9. The van der Waals surface area contributed by atoms with Crippen LogP contribution < -0.4 is 11.1 Å². The van der Waals surface area contributed by atoms with Crippen molar-refractivity contribution in [1.82, 2.24) is 0 Å². The smallest absolute Gasteiger partial charge is 0.245 e. The molecule has 0 heterocycles. The standard InChI is InChI=1S/C12H17N3O4S/c1-12(2,20(3,18)19)11(16)14-9-6-4-8(5-7-9)10(13)15-17/h4-7,17H,1-3H3,(H2,13,15)(H,14,16). The normalized spacial score (nSPS) is 13.1. The van der Waals surface area contributed by atoms with E-state index < -0.39 is 20.5 Å². The first-order valence-electron chi connectivity index (χ1n) is 5.68. The van der Waals surface area contributed by atoms with E-state index >= 15 is 0 Å². The molecule has 0 radical (unpaired) electrons. The van der Waals surface area contributed by atoms with Gasteiger partial charge in [-0.25, -0.2) is 8.42 Å². The molecule has 1 rings (SSSR count). The van der Waals surface area contributed by atoms with Gasteiger partial charge in [-0.3, -0.25) is 4.79 Å². The average Bonchev–Trinajstić information content (AvgIpc) is 2.37. The number of hydrogen-bond acceptors (Lipinski definition) is 5. The van der Waals surface area contributed by atoms with Crippen LogP contribution in [-0.2, 0) is 14.6 Å². The number of oxime groups is 1. The molecule has 0 aromatic heterocycles. The van der Waals surface area contributed by atoms with E-state index in [2.05, 4.69) is 10.5 Å². The molecule has 0 aliphatic rings. The lowest BCUT2D eigenvalue weighted by molar-refractivity contribution is -0.117. The number of amides is 1. The van der Waals surface area contributed by atoms with E-state index in [0.29, 0.717) is 11.3 Å². The largest absolute Gasteiger partial charge is 0.409 e. The average molecular weight is 299 g/mol. The van der Waals surface area contributed by atoms with Crippen molar-refractivity contribution in [2.75, 3.05) is 11.6 Å². The molecule has 0 fully saturated rings. The van der Waals surface area contributed by atoms with Gasteiger partial charge >= 0.3 is 0 Å². The van der Waals surface area contributed by atoms with E-state index in [1.54, 1.807) is 0 Å². The fraction of sp³-hybridized carbons (Fsp3) is 0.333. The van der Waals surface area contributed by atoms with Gasteiger partial charge in [0.15, 0.2) is 15.7 Å². The van der Waals surface area contributed by atoms with Crippen molar-refractivity contribution in [2.24, 2.45) is 10.9 Å². The van der Waals surface area contributed by atoms with Crippen molar-refractivity contribution in [3.8, 4) is 0 Å². The van der Waals surface area contributed by atoms with Gasteiger partial charge in [0.2, 0.25) is 5.91 Å². The Morgan fingerprint density at radius 3 is 2.20 bits per heavy atom. The third-order valence-corrected chi connectivity index (χ3v) is 5.06. The van der Waals surface area contributed by atoms with Crippen molar-refractivity contribution in [3.05, 3.63) is 29.8 Å². The summed E-state index contributed by atoms with van der Waals surface area (Å²) < 4.78 is 21.6. The molecule has 1 amide bonds. The monoisotopic (exact) mass is 299 g/mol. The zero-order valence-corrected chi connectivity index (χ0v) is 12.2. The molecule has 1 aromatic carbocycles.